The third-order valence-electron chi connectivity index (χ3n) is 11.3. The van der Waals surface area contributed by atoms with E-state index in [-0.39, 0.29) is 49.4 Å². The summed E-state index contributed by atoms with van der Waals surface area (Å²) in [6.45, 7) is 9.40. The molecule has 2 aliphatic heterocycles. The summed E-state index contributed by atoms with van der Waals surface area (Å²) in [6, 6.07) is 11.5. The van der Waals surface area contributed by atoms with Crippen LogP contribution in [0.2, 0.25) is 0 Å². The van der Waals surface area contributed by atoms with E-state index in [1.807, 2.05) is 18.2 Å². The fourth-order valence-corrected chi connectivity index (χ4v) is 8.96. The zero-order valence-corrected chi connectivity index (χ0v) is 33.4. The number of fused-ring (bicyclic) bond motifs is 3. The van der Waals surface area contributed by atoms with Crippen molar-refractivity contribution >= 4 is 30.5 Å². The number of aryl methyl sites for hydroxylation is 1. The number of nitrogens with two attached hydrogens (primary N) is 1. The number of nitrogens with zero attached hydrogens (tertiary/aromatic N) is 8. The van der Waals surface area contributed by atoms with Gasteiger partial charge in [-0.2, -0.15) is 0 Å². The highest BCUT2D eigenvalue weighted by molar-refractivity contribution is 7.51. The van der Waals surface area contributed by atoms with Crippen molar-refractivity contribution in [3.8, 4) is 0 Å². The number of hydrogen-bond acceptors (Lipinski definition) is 10. The number of ether oxygens (including phenoxy) is 1. The number of imidazole rings is 1. The molecule has 15 nitrogen and oxygen atoms in total. The van der Waals surface area contributed by atoms with E-state index in [9.17, 15) is 18.1 Å². The first-order valence-corrected chi connectivity index (χ1v) is 21.4. The van der Waals surface area contributed by atoms with E-state index in [0.717, 1.165) is 43.0 Å². The van der Waals surface area contributed by atoms with Crippen LogP contribution in [0.3, 0.4) is 0 Å². The summed E-state index contributed by atoms with van der Waals surface area (Å²) in [6.07, 6.45) is 7.44. The van der Waals surface area contributed by atoms with Crippen molar-refractivity contribution in [1.29, 1.82) is 0 Å². The van der Waals surface area contributed by atoms with Crippen molar-refractivity contribution in [2.24, 2.45) is 5.92 Å². The summed E-state index contributed by atoms with van der Waals surface area (Å²) in [7, 11) is -4.16. The molecule has 1 aliphatic carbocycles. The summed E-state index contributed by atoms with van der Waals surface area (Å²) < 4.78 is 47.1. The Morgan fingerprint density at radius 3 is 2.34 bits per heavy atom. The molecule has 1 aromatic carbocycles. The Hall–Kier alpha value is -3.89. The van der Waals surface area contributed by atoms with Crippen LogP contribution in [-0.4, -0.2) is 91.9 Å². The van der Waals surface area contributed by atoms with E-state index in [1.54, 1.807) is 11.5 Å². The third-order valence-corrected chi connectivity index (χ3v) is 11.8. The molecule has 1 unspecified atom stereocenters. The lowest BCUT2D eigenvalue weighted by molar-refractivity contribution is -0.130. The quantitative estimate of drug-likeness (QED) is 0.117. The fraction of sp³-hybridized carbons (Fsp3) is 0.632. The van der Waals surface area contributed by atoms with Crippen LogP contribution in [-0.2, 0) is 20.6 Å². The van der Waals surface area contributed by atoms with Gasteiger partial charge >= 0.3 is 7.60 Å². The molecule has 4 aromatic rings. The van der Waals surface area contributed by atoms with E-state index in [2.05, 4.69) is 72.8 Å². The first-order chi connectivity index (χ1) is 26.6. The first-order valence-electron chi connectivity index (χ1n) is 19.6. The van der Waals surface area contributed by atoms with Gasteiger partial charge in [-0.15, -0.1) is 10.2 Å². The lowest BCUT2D eigenvalue weighted by atomic mass is 9.86. The number of benzene rings is 1. The highest BCUT2D eigenvalue weighted by Crippen LogP contribution is 2.43. The Morgan fingerprint density at radius 2 is 1.70 bits per heavy atom. The van der Waals surface area contributed by atoms with Gasteiger partial charge in [0.2, 0.25) is 11.8 Å². The number of rotatable bonds is 13. The summed E-state index contributed by atoms with van der Waals surface area (Å²) >= 11 is 0. The van der Waals surface area contributed by atoms with Crippen LogP contribution in [0.1, 0.15) is 114 Å². The van der Waals surface area contributed by atoms with Crippen molar-refractivity contribution in [3.63, 3.8) is 0 Å². The molecule has 56 heavy (non-hydrogen) atoms. The summed E-state index contributed by atoms with van der Waals surface area (Å²) in [5.74, 6) is -0.288. The second-order valence-corrected chi connectivity index (χ2v) is 17.5. The molecule has 5 atom stereocenters. The van der Waals surface area contributed by atoms with Crippen LogP contribution >= 0.6 is 7.60 Å². The van der Waals surface area contributed by atoms with Crippen molar-refractivity contribution < 1.29 is 32.7 Å². The Bertz CT molecular complexity index is 1950. The number of hydrogen-bond donors (Lipinski definition) is 4. The van der Waals surface area contributed by atoms with Gasteiger partial charge in [-0.1, -0.05) is 44.2 Å². The molecule has 0 spiro atoms. The van der Waals surface area contributed by atoms with Gasteiger partial charge in [0, 0.05) is 49.3 Å². The summed E-state index contributed by atoms with van der Waals surface area (Å²) in [5.41, 5.74) is 7.78. The van der Waals surface area contributed by atoms with Gasteiger partial charge in [0.25, 0.3) is 0 Å². The molecule has 3 fully saturated rings. The van der Waals surface area contributed by atoms with E-state index in [4.69, 9.17) is 20.3 Å². The van der Waals surface area contributed by atoms with Gasteiger partial charge in [0.05, 0.1) is 25.0 Å². The maximum Gasteiger partial charge on any atom is 0.350 e. The molecule has 3 aliphatic rings. The third kappa shape index (κ3) is 10.3. The predicted molar refractivity (Wildman–Crippen MR) is 207 cm³/mol. The van der Waals surface area contributed by atoms with Gasteiger partial charge in [-0.05, 0) is 64.4 Å². The molecule has 306 valence electrons. The summed E-state index contributed by atoms with van der Waals surface area (Å²) in [4.78, 5) is 45.2. The van der Waals surface area contributed by atoms with Gasteiger partial charge in [-0.25, -0.2) is 23.7 Å². The standard InChI is InChI=1S/C29H41F2N5O.C9H14N5O4P/c1-19(2)27-34-33-20(3)36(27)25-17-23-9-10-24(18-25)35(23)16-13-26(21-7-5-4-6-8-21)32-28(37)22-11-14-29(30,31)15-12-22;1-6(18-5-19(15,16)17)2-14-4-13-7-8(10)11-3-12-9(7)14/h4-8,19,22-26H,9-18H2,1-3H3,(H,32,37);3-4,6H,2,5H2,1H3,(H2,10,11,12)(H2,15,16,17)/t23-,24+,25?,26-;6-/m01/s1. The molecule has 5 heterocycles. The van der Waals surface area contributed by atoms with Crippen molar-refractivity contribution in [2.45, 2.75) is 134 Å². The van der Waals surface area contributed by atoms with Gasteiger partial charge < -0.3 is 34.7 Å². The monoisotopic (exact) mass is 800 g/mol. The normalized spacial score (nSPS) is 22.5. The highest BCUT2D eigenvalue weighted by Gasteiger charge is 2.43. The number of carbonyl (C=O) groups is 1. The van der Waals surface area contributed by atoms with Gasteiger partial charge in [-0.3, -0.25) is 14.3 Å². The number of alkyl halides is 2. The molecule has 5 N–H and O–H groups in total. The molecule has 3 aromatic heterocycles. The van der Waals surface area contributed by atoms with E-state index >= 15 is 0 Å². The largest absolute Gasteiger partial charge is 0.382 e. The number of amides is 1. The van der Waals surface area contributed by atoms with Crippen molar-refractivity contribution in [3.05, 3.63) is 60.2 Å². The Morgan fingerprint density at radius 1 is 1.02 bits per heavy atom. The number of nitrogen functional groups attached to an aromatic ring is 1. The van der Waals surface area contributed by atoms with Crippen LogP contribution in [0.25, 0.3) is 11.2 Å². The number of halogens is 2. The van der Waals surface area contributed by atoms with Crippen LogP contribution in [0.4, 0.5) is 14.6 Å². The van der Waals surface area contributed by atoms with Crippen LogP contribution < -0.4 is 11.1 Å². The molecule has 0 radical (unpaired) electrons. The van der Waals surface area contributed by atoms with Gasteiger partial charge in [0.1, 0.15) is 29.8 Å². The van der Waals surface area contributed by atoms with Crippen LogP contribution in [0.15, 0.2) is 43.0 Å². The molecule has 2 saturated heterocycles. The number of carbonyl (C=O) groups excluding carboxylic acids is 1. The fourth-order valence-electron chi connectivity index (χ4n) is 8.52. The number of nitrogens with one attached hydrogen (secondary N) is 1. The molecule has 2 bridgehead atoms. The number of anilines is 1. The average molecular weight is 801 g/mol. The second kappa shape index (κ2) is 17.7. The topological polar surface area (TPSA) is 199 Å². The van der Waals surface area contributed by atoms with E-state index in [1.165, 1.54) is 25.5 Å². The SMILES string of the molecule is C[C@H](Cn1cnc2c(N)ncnc21)OCP(=O)(O)O.Cc1nnc(C(C)C)n1C1C[C@H]2CC[C@@H](C1)N2CC[C@H](NC(=O)C1CCC(F)(F)CC1)c1ccccc1. The minimum Gasteiger partial charge on any atom is -0.382 e. The minimum absolute atomic E-state index is 0.0738. The van der Waals surface area contributed by atoms with Crippen LogP contribution in [0.5, 0.6) is 0 Å². The molecule has 18 heteroatoms. The van der Waals surface area contributed by atoms with E-state index < -0.39 is 26.0 Å². The maximum atomic E-state index is 13.6. The smallest absolute Gasteiger partial charge is 0.350 e. The molecular formula is C38H55F2N10O5P. The Balaban J connectivity index is 0.000000235. The number of piperidine rings is 1. The van der Waals surface area contributed by atoms with Gasteiger partial charge in [0.15, 0.2) is 11.5 Å². The minimum atomic E-state index is -4.16. The molecule has 7 rings (SSSR count). The van der Waals surface area contributed by atoms with Crippen LogP contribution in [0, 0.1) is 12.8 Å². The van der Waals surface area contributed by atoms with Crippen molar-refractivity contribution in [2.75, 3.05) is 18.6 Å². The Labute approximate surface area is 326 Å². The predicted octanol–water partition coefficient (Wildman–Crippen LogP) is 5.90. The second-order valence-electron chi connectivity index (χ2n) is 15.9. The maximum absolute atomic E-state index is 13.6. The lowest BCUT2D eigenvalue weighted by Crippen LogP contribution is -2.45. The average Bonchev–Trinajstić information content (AvgIpc) is 3.82. The molecular weight excluding hydrogens is 745 g/mol. The zero-order valence-electron chi connectivity index (χ0n) is 32.5. The van der Waals surface area contributed by atoms with Crippen molar-refractivity contribution in [1.82, 2.24) is 44.5 Å². The molecule has 1 amide bonds. The first kappa shape index (κ1) is 41.7. The number of aromatic nitrogens is 7. The zero-order chi connectivity index (χ0) is 40.2. The van der Waals surface area contributed by atoms with E-state index in [0.29, 0.717) is 41.8 Å². The highest BCUT2D eigenvalue weighted by atomic mass is 31.2. The lowest BCUT2D eigenvalue weighted by Gasteiger charge is -2.40. The molecule has 1 saturated carbocycles. The Kier molecular flexibility index (Phi) is 13.2. The summed E-state index contributed by atoms with van der Waals surface area (Å²) in [5, 5.41) is 12.1.